The molecule has 1 aliphatic rings. The largest absolute Gasteiger partial charge is 0.478 e. The molecule has 21 heavy (non-hydrogen) atoms. The second-order valence-electron chi connectivity index (χ2n) is 5.61. The second kappa shape index (κ2) is 7.41. The van der Waals surface area contributed by atoms with Crippen molar-refractivity contribution in [3.63, 3.8) is 0 Å². The molecule has 1 fully saturated rings. The molecular formula is C16H22FNO3. The highest BCUT2D eigenvalue weighted by atomic mass is 19.1. The number of amides is 1. The van der Waals surface area contributed by atoms with Gasteiger partial charge in [0.1, 0.15) is 0 Å². The molecule has 1 atom stereocenters. The Kier molecular flexibility index (Phi) is 5.56. The van der Waals surface area contributed by atoms with Crippen molar-refractivity contribution in [1.29, 1.82) is 0 Å². The summed E-state index contributed by atoms with van der Waals surface area (Å²) in [5.74, 6) is -0.234. The van der Waals surface area contributed by atoms with Crippen LogP contribution in [0.3, 0.4) is 0 Å². The Balaban J connectivity index is 1.76. The number of hydrogen-bond donors (Lipinski definition) is 2. The van der Waals surface area contributed by atoms with Crippen LogP contribution in [-0.2, 0) is 4.79 Å². The quantitative estimate of drug-likeness (QED) is 0.876. The van der Waals surface area contributed by atoms with Gasteiger partial charge in [-0.1, -0.05) is 12.1 Å². The highest BCUT2D eigenvalue weighted by Crippen LogP contribution is 2.23. The Morgan fingerprint density at radius 2 is 2.05 bits per heavy atom. The van der Waals surface area contributed by atoms with Crippen LogP contribution < -0.4 is 10.1 Å². The number of aliphatic hydroxyl groups excluding tert-OH is 1. The van der Waals surface area contributed by atoms with Crippen molar-refractivity contribution in [2.45, 2.75) is 44.8 Å². The van der Waals surface area contributed by atoms with E-state index in [1.165, 1.54) is 12.1 Å². The molecule has 1 unspecified atom stereocenters. The van der Waals surface area contributed by atoms with E-state index in [4.69, 9.17) is 4.74 Å². The van der Waals surface area contributed by atoms with Gasteiger partial charge in [-0.25, -0.2) is 4.39 Å². The van der Waals surface area contributed by atoms with E-state index in [0.29, 0.717) is 12.5 Å². The van der Waals surface area contributed by atoms with Crippen molar-refractivity contribution in [2.24, 2.45) is 5.92 Å². The normalized spacial score (nSPS) is 23.4. The zero-order valence-electron chi connectivity index (χ0n) is 12.2. The number of carbonyl (C=O) groups is 1. The molecule has 2 N–H and O–H groups in total. The smallest absolute Gasteiger partial charge is 0.260 e. The standard InChI is InChI=1S/C16H22FNO3/c1-11(21-15-5-3-2-4-14(15)17)16(20)18-10-12-6-8-13(19)9-7-12/h2-5,11-13,19H,6-10H2,1H3,(H,18,20). The summed E-state index contributed by atoms with van der Waals surface area (Å²) >= 11 is 0. The maximum Gasteiger partial charge on any atom is 0.260 e. The van der Waals surface area contributed by atoms with Gasteiger partial charge in [0.25, 0.3) is 5.91 Å². The number of carbonyl (C=O) groups excluding carboxylic acids is 1. The van der Waals surface area contributed by atoms with Crippen LogP contribution in [0.25, 0.3) is 0 Å². The van der Waals surface area contributed by atoms with Gasteiger partial charge in [-0.2, -0.15) is 0 Å². The molecule has 1 aromatic rings. The van der Waals surface area contributed by atoms with Gasteiger partial charge >= 0.3 is 0 Å². The van der Waals surface area contributed by atoms with E-state index in [1.54, 1.807) is 19.1 Å². The summed E-state index contributed by atoms with van der Waals surface area (Å²) in [6, 6.07) is 6.04. The Labute approximate surface area is 124 Å². The molecule has 0 bridgehead atoms. The van der Waals surface area contributed by atoms with Gasteiger partial charge in [0, 0.05) is 6.54 Å². The van der Waals surface area contributed by atoms with E-state index in [9.17, 15) is 14.3 Å². The zero-order valence-corrected chi connectivity index (χ0v) is 12.2. The van der Waals surface area contributed by atoms with E-state index in [0.717, 1.165) is 25.7 Å². The molecule has 0 saturated heterocycles. The van der Waals surface area contributed by atoms with Gasteiger partial charge in [-0.05, 0) is 50.7 Å². The first-order valence-corrected chi connectivity index (χ1v) is 7.43. The molecule has 0 heterocycles. The maximum atomic E-state index is 13.4. The number of benzene rings is 1. The van der Waals surface area contributed by atoms with Crippen LogP contribution in [0.2, 0.25) is 0 Å². The molecular weight excluding hydrogens is 273 g/mol. The summed E-state index contributed by atoms with van der Waals surface area (Å²) in [5.41, 5.74) is 0. The molecule has 2 rings (SSSR count). The fraction of sp³-hybridized carbons (Fsp3) is 0.562. The summed E-state index contributed by atoms with van der Waals surface area (Å²) in [6.07, 6.45) is 2.49. The number of rotatable bonds is 5. The topological polar surface area (TPSA) is 58.6 Å². The Morgan fingerprint density at radius 3 is 2.71 bits per heavy atom. The lowest BCUT2D eigenvalue weighted by molar-refractivity contribution is -0.127. The van der Waals surface area contributed by atoms with E-state index in [2.05, 4.69) is 5.32 Å². The summed E-state index contributed by atoms with van der Waals surface area (Å²) in [7, 11) is 0. The van der Waals surface area contributed by atoms with Crippen molar-refractivity contribution in [1.82, 2.24) is 5.32 Å². The van der Waals surface area contributed by atoms with Crippen molar-refractivity contribution in [2.75, 3.05) is 6.54 Å². The molecule has 5 heteroatoms. The predicted octanol–water partition coefficient (Wildman–Crippen LogP) is 2.26. The first kappa shape index (κ1) is 15.8. The first-order valence-electron chi connectivity index (χ1n) is 7.43. The highest BCUT2D eigenvalue weighted by Gasteiger charge is 2.21. The monoisotopic (exact) mass is 295 g/mol. The van der Waals surface area contributed by atoms with Crippen LogP contribution >= 0.6 is 0 Å². The van der Waals surface area contributed by atoms with Crippen LogP contribution in [0.5, 0.6) is 5.75 Å². The second-order valence-corrected chi connectivity index (χ2v) is 5.61. The van der Waals surface area contributed by atoms with Gasteiger partial charge < -0.3 is 15.2 Å². The molecule has 0 aromatic heterocycles. The van der Waals surface area contributed by atoms with Crippen LogP contribution in [0, 0.1) is 11.7 Å². The van der Waals surface area contributed by atoms with Gasteiger partial charge in [-0.15, -0.1) is 0 Å². The van der Waals surface area contributed by atoms with E-state index >= 15 is 0 Å². The van der Waals surface area contributed by atoms with E-state index < -0.39 is 11.9 Å². The Hall–Kier alpha value is -1.62. The Morgan fingerprint density at radius 1 is 1.38 bits per heavy atom. The number of ether oxygens (including phenoxy) is 1. The molecule has 0 spiro atoms. The lowest BCUT2D eigenvalue weighted by atomic mass is 9.87. The third-order valence-electron chi connectivity index (χ3n) is 3.89. The predicted molar refractivity (Wildman–Crippen MR) is 77.5 cm³/mol. The molecule has 116 valence electrons. The zero-order chi connectivity index (χ0) is 15.2. The van der Waals surface area contributed by atoms with Gasteiger partial charge in [0.05, 0.1) is 6.10 Å². The van der Waals surface area contributed by atoms with E-state index in [1.807, 2.05) is 0 Å². The van der Waals surface area contributed by atoms with Gasteiger partial charge in [0.2, 0.25) is 0 Å². The average Bonchev–Trinajstić information content (AvgIpc) is 2.48. The number of aliphatic hydroxyl groups is 1. The minimum Gasteiger partial charge on any atom is -0.478 e. The summed E-state index contributed by atoms with van der Waals surface area (Å²) in [5, 5.41) is 12.3. The minimum atomic E-state index is -0.740. The lowest BCUT2D eigenvalue weighted by Crippen LogP contribution is -2.39. The summed E-state index contributed by atoms with van der Waals surface area (Å²) in [6.45, 7) is 2.18. The number of para-hydroxylation sites is 1. The SMILES string of the molecule is CC(Oc1ccccc1F)C(=O)NCC1CCC(O)CC1. The van der Waals surface area contributed by atoms with Gasteiger partial charge in [0.15, 0.2) is 17.7 Å². The average molecular weight is 295 g/mol. The van der Waals surface area contributed by atoms with Crippen molar-refractivity contribution in [3.8, 4) is 5.75 Å². The van der Waals surface area contributed by atoms with Crippen molar-refractivity contribution in [3.05, 3.63) is 30.1 Å². The third kappa shape index (κ3) is 4.70. The fourth-order valence-corrected chi connectivity index (χ4v) is 2.52. The molecule has 0 radical (unpaired) electrons. The van der Waals surface area contributed by atoms with Crippen molar-refractivity contribution < 1.29 is 19.0 Å². The first-order chi connectivity index (χ1) is 10.1. The van der Waals surface area contributed by atoms with Crippen LogP contribution in [0.1, 0.15) is 32.6 Å². The van der Waals surface area contributed by atoms with Crippen LogP contribution in [0.4, 0.5) is 4.39 Å². The molecule has 1 amide bonds. The van der Waals surface area contributed by atoms with Crippen LogP contribution in [-0.4, -0.2) is 29.8 Å². The van der Waals surface area contributed by atoms with E-state index in [-0.39, 0.29) is 17.8 Å². The number of nitrogens with one attached hydrogen (secondary N) is 1. The number of halogens is 1. The van der Waals surface area contributed by atoms with Crippen LogP contribution in [0.15, 0.2) is 24.3 Å². The third-order valence-corrected chi connectivity index (χ3v) is 3.89. The molecule has 1 saturated carbocycles. The molecule has 1 aromatic carbocycles. The fourth-order valence-electron chi connectivity index (χ4n) is 2.52. The summed E-state index contributed by atoms with van der Waals surface area (Å²) in [4.78, 5) is 12.0. The van der Waals surface area contributed by atoms with Crippen molar-refractivity contribution >= 4 is 5.91 Å². The lowest BCUT2D eigenvalue weighted by Gasteiger charge is -2.26. The minimum absolute atomic E-state index is 0.0842. The Bertz CT molecular complexity index is 472. The van der Waals surface area contributed by atoms with Gasteiger partial charge in [-0.3, -0.25) is 4.79 Å². The maximum absolute atomic E-state index is 13.4. The summed E-state index contributed by atoms with van der Waals surface area (Å²) < 4.78 is 18.8. The highest BCUT2D eigenvalue weighted by molar-refractivity contribution is 5.80. The molecule has 0 aliphatic heterocycles. The molecule has 4 nitrogen and oxygen atoms in total. The molecule has 1 aliphatic carbocycles. The number of hydrogen-bond acceptors (Lipinski definition) is 3.